The maximum absolute atomic E-state index is 10.7. The fraction of sp³-hybridized carbons (Fsp3) is 0.0952. The third-order valence-electron chi connectivity index (χ3n) is 4.60. The summed E-state index contributed by atoms with van der Waals surface area (Å²) < 4.78 is 2.31. The molecule has 0 saturated heterocycles. The molecule has 6 nitrogen and oxygen atoms in total. The third-order valence-corrected chi connectivity index (χ3v) is 4.60. The first-order chi connectivity index (χ1) is 13.2. The molecule has 0 radical (unpaired) electrons. The molecule has 0 unspecified atom stereocenters. The van der Waals surface area contributed by atoms with E-state index < -0.39 is 4.92 Å². The summed E-state index contributed by atoms with van der Waals surface area (Å²) in [5, 5.41) is 17.4. The molecule has 1 heterocycles. The first-order valence-corrected chi connectivity index (χ1v) is 8.72. The summed E-state index contributed by atoms with van der Waals surface area (Å²) in [5.74, 6) is 0. The highest BCUT2D eigenvalue weighted by Gasteiger charge is 2.09. The number of fused-ring (bicyclic) bond motifs is 3. The predicted octanol–water partition coefficient (Wildman–Crippen LogP) is 5.17. The summed E-state index contributed by atoms with van der Waals surface area (Å²) in [5.41, 5.74) is 7.07. The molecule has 0 saturated carbocycles. The number of aromatic nitrogens is 1. The Bertz CT molecular complexity index is 1160. The number of benzene rings is 3. The van der Waals surface area contributed by atoms with E-state index in [9.17, 15) is 10.1 Å². The second-order valence-electron chi connectivity index (χ2n) is 6.21. The van der Waals surface area contributed by atoms with Gasteiger partial charge in [0.2, 0.25) is 0 Å². The summed E-state index contributed by atoms with van der Waals surface area (Å²) in [6.45, 7) is 3.06. The molecule has 4 rings (SSSR count). The highest BCUT2D eigenvalue weighted by Crippen LogP contribution is 2.29. The van der Waals surface area contributed by atoms with Crippen LogP contribution in [0, 0.1) is 10.1 Å². The number of nitro benzene ring substituents is 1. The van der Waals surface area contributed by atoms with Gasteiger partial charge in [0.15, 0.2) is 0 Å². The predicted molar refractivity (Wildman–Crippen MR) is 109 cm³/mol. The lowest BCUT2D eigenvalue weighted by Gasteiger charge is -2.03. The van der Waals surface area contributed by atoms with E-state index in [1.807, 2.05) is 6.07 Å². The Morgan fingerprint density at radius 3 is 2.52 bits per heavy atom. The summed E-state index contributed by atoms with van der Waals surface area (Å²) in [4.78, 5) is 10.3. The second kappa shape index (κ2) is 6.92. The fourth-order valence-electron chi connectivity index (χ4n) is 3.33. The van der Waals surface area contributed by atoms with Gasteiger partial charge in [0.05, 0.1) is 16.8 Å². The van der Waals surface area contributed by atoms with Gasteiger partial charge >= 0.3 is 0 Å². The van der Waals surface area contributed by atoms with Gasteiger partial charge in [-0.05, 0) is 42.8 Å². The van der Waals surface area contributed by atoms with Crippen LogP contribution in [0.3, 0.4) is 0 Å². The Balaban J connectivity index is 1.61. The zero-order valence-corrected chi connectivity index (χ0v) is 14.8. The number of hydrogen-bond donors (Lipinski definition) is 1. The van der Waals surface area contributed by atoms with Crippen LogP contribution in [0.15, 0.2) is 71.8 Å². The lowest BCUT2D eigenvalue weighted by Crippen LogP contribution is -1.93. The first-order valence-electron chi connectivity index (χ1n) is 8.72. The van der Waals surface area contributed by atoms with Crippen molar-refractivity contribution in [1.82, 2.24) is 4.57 Å². The van der Waals surface area contributed by atoms with E-state index in [-0.39, 0.29) is 5.69 Å². The van der Waals surface area contributed by atoms with Crippen LogP contribution in [0.5, 0.6) is 0 Å². The van der Waals surface area contributed by atoms with E-state index in [4.69, 9.17) is 0 Å². The standard InChI is InChI=1S/C21H18N4O2/c1-2-24-20-6-4-3-5-18(20)19-13-15(7-12-21(19)24)14-22-23-16-8-10-17(11-9-16)25(26)27/h3-14,23H,2H2,1H3/b22-14+. The molecule has 0 fully saturated rings. The molecule has 6 heteroatoms. The number of nitrogens with zero attached hydrogens (tertiary/aromatic N) is 3. The molecule has 3 aromatic carbocycles. The fourth-order valence-corrected chi connectivity index (χ4v) is 3.33. The lowest BCUT2D eigenvalue weighted by molar-refractivity contribution is -0.384. The number of para-hydroxylation sites is 1. The molecule has 0 spiro atoms. The smallest absolute Gasteiger partial charge is 0.269 e. The van der Waals surface area contributed by atoms with E-state index in [0.29, 0.717) is 5.69 Å². The number of hydrogen-bond acceptors (Lipinski definition) is 4. The quantitative estimate of drug-likeness (QED) is 0.304. The molecule has 0 bridgehead atoms. The van der Waals surface area contributed by atoms with Crippen molar-refractivity contribution >= 4 is 39.4 Å². The Labute approximate surface area is 155 Å². The van der Waals surface area contributed by atoms with Crippen molar-refractivity contribution in [3.05, 3.63) is 82.4 Å². The first kappa shape index (κ1) is 16.8. The zero-order valence-electron chi connectivity index (χ0n) is 14.8. The highest BCUT2D eigenvalue weighted by molar-refractivity contribution is 6.09. The van der Waals surface area contributed by atoms with Crippen LogP contribution in [0.25, 0.3) is 21.8 Å². The van der Waals surface area contributed by atoms with Gasteiger partial charge in [-0.2, -0.15) is 5.10 Å². The molecule has 1 N–H and O–H groups in total. The van der Waals surface area contributed by atoms with Gasteiger partial charge in [-0.15, -0.1) is 0 Å². The molecule has 0 atom stereocenters. The topological polar surface area (TPSA) is 72.5 Å². The van der Waals surface area contributed by atoms with E-state index in [1.165, 1.54) is 33.9 Å². The minimum absolute atomic E-state index is 0.0577. The second-order valence-corrected chi connectivity index (χ2v) is 6.21. The number of rotatable bonds is 5. The maximum Gasteiger partial charge on any atom is 0.269 e. The van der Waals surface area contributed by atoms with Gasteiger partial charge in [-0.1, -0.05) is 24.3 Å². The Kier molecular flexibility index (Phi) is 4.30. The van der Waals surface area contributed by atoms with Crippen LogP contribution in [-0.4, -0.2) is 15.7 Å². The van der Waals surface area contributed by atoms with Gasteiger partial charge in [0, 0.05) is 40.5 Å². The van der Waals surface area contributed by atoms with E-state index in [1.54, 1.807) is 18.3 Å². The van der Waals surface area contributed by atoms with Crippen molar-refractivity contribution in [3.63, 3.8) is 0 Å². The van der Waals surface area contributed by atoms with E-state index in [0.717, 1.165) is 12.1 Å². The van der Waals surface area contributed by atoms with Crippen molar-refractivity contribution in [2.24, 2.45) is 5.10 Å². The van der Waals surface area contributed by atoms with Crippen molar-refractivity contribution in [3.8, 4) is 0 Å². The third kappa shape index (κ3) is 3.13. The molecule has 134 valence electrons. The molecule has 0 aliphatic rings. The van der Waals surface area contributed by atoms with Crippen LogP contribution in [0.4, 0.5) is 11.4 Å². The number of anilines is 1. The largest absolute Gasteiger partial charge is 0.341 e. The number of hydrazone groups is 1. The maximum atomic E-state index is 10.7. The number of nitro groups is 1. The summed E-state index contributed by atoms with van der Waals surface area (Å²) in [7, 11) is 0. The summed E-state index contributed by atoms with van der Waals surface area (Å²) >= 11 is 0. The highest BCUT2D eigenvalue weighted by atomic mass is 16.6. The van der Waals surface area contributed by atoms with Gasteiger partial charge < -0.3 is 4.57 Å². The molecular weight excluding hydrogens is 340 g/mol. The van der Waals surface area contributed by atoms with E-state index in [2.05, 4.69) is 58.4 Å². The normalized spacial score (nSPS) is 11.4. The zero-order chi connectivity index (χ0) is 18.8. The SMILES string of the molecule is CCn1c2ccccc2c2cc(/C=N/Nc3ccc([N+](=O)[O-])cc3)ccc21. The molecule has 0 amide bonds. The molecule has 0 aliphatic carbocycles. The monoisotopic (exact) mass is 358 g/mol. The Morgan fingerprint density at radius 1 is 1.04 bits per heavy atom. The number of non-ortho nitro benzene ring substituents is 1. The van der Waals surface area contributed by atoms with Crippen LogP contribution >= 0.6 is 0 Å². The molecule has 1 aromatic heterocycles. The van der Waals surface area contributed by atoms with Crippen LogP contribution in [0.2, 0.25) is 0 Å². The summed E-state index contributed by atoms with van der Waals surface area (Å²) in [6, 6.07) is 20.8. The average Bonchev–Trinajstić information content (AvgIpc) is 3.01. The van der Waals surface area contributed by atoms with Crippen LogP contribution in [-0.2, 0) is 6.54 Å². The van der Waals surface area contributed by atoms with Crippen molar-refractivity contribution in [2.45, 2.75) is 13.5 Å². The van der Waals surface area contributed by atoms with Crippen LogP contribution in [0.1, 0.15) is 12.5 Å². The van der Waals surface area contributed by atoms with Gasteiger partial charge in [0.25, 0.3) is 5.69 Å². The van der Waals surface area contributed by atoms with E-state index >= 15 is 0 Å². The van der Waals surface area contributed by atoms with Crippen molar-refractivity contribution in [1.29, 1.82) is 0 Å². The van der Waals surface area contributed by atoms with Gasteiger partial charge in [-0.3, -0.25) is 15.5 Å². The minimum atomic E-state index is -0.422. The number of nitrogens with one attached hydrogen (secondary N) is 1. The molecule has 0 aliphatic heterocycles. The van der Waals surface area contributed by atoms with Gasteiger partial charge in [0.1, 0.15) is 0 Å². The minimum Gasteiger partial charge on any atom is -0.341 e. The Hall–Kier alpha value is -3.67. The summed E-state index contributed by atoms with van der Waals surface area (Å²) in [6.07, 6.45) is 1.75. The van der Waals surface area contributed by atoms with Crippen LogP contribution < -0.4 is 5.43 Å². The molecule has 4 aromatic rings. The molecule has 27 heavy (non-hydrogen) atoms. The van der Waals surface area contributed by atoms with Crippen molar-refractivity contribution in [2.75, 3.05) is 5.43 Å². The lowest BCUT2D eigenvalue weighted by atomic mass is 10.1. The number of aryl methyl sites for hydroxylation is 1. The van der Waals surface area contributed by atoms with Gasteiger partial charge in [-0.25, -0.2) is 0 Å². The Morgan fingerprint density at radius 2 is 1.78 bits per heavy atom. The van der Waals surface area contributed by atoms with Crippen molar-refractivity contribution < 1.29 is 4.92 Å². The average molecular weight is 358 g/mol. The molecular formula is C21H18N4O2.